The lowest BCUT2D eigenvalue weighted by molar-refractivity contribution is -0.119. The van der Waals surface area contributed by atoms with Crippen LogP contribution >= 0.6 is 11.6 Å². The molecule has 1 amide bonds. The van der Waals surface area contributed by atoms with E-state index in [4.69, 9.17) is 21.4 Å². The van der Waals surface area contributed by atoms with Gasteiger partial charge in [0, 0.05) is 28.8 Å². The lowest BCUT2D eigenvalue weighted by Gasteiger charge is -2.20. The monoisotopic (exact) mass is 563 g/mol. The summed E-state index contributed by atoms with van der Waals surface area (Å²) in [6, 6.07) is 15.5. The Balaban J connectivity index is 1.80. The number of halogens is 2. The van der Waals surface area contributed by atoms with Crippen molar-refractivity contribution in [2.75, 3.05) is 12.4 Å². The predicted molar refractivity (Wildman–Crippen MR) is 147 cm³/mol. The number of ether oxygens (including phenoxy) is 1. The molecule has 1 atom stereocenters. The lowest BCUT2D eigenvalue weighted by Crippen LogP contribution is -2.36. The number of carbonyl (C=O) groups excluding carboxylic acids is 2. The van der Waals surface area contributed by atoms with Crippen LogP contribution in [0.4, 0.5) is 10.1 Å². The van der Waals surface area contributed by atoms with Crippen LogP contribution in [0.25, 0.3) is 11.1 Å². The van der Waals surface area contributed by atoms with E-state index in [1.165, 1.54) is 80.8 Å². The minimum atomic E-state index is -1.22. The van der Waals surface area contributed by atoms with Crippen LogP contribution in [-0.4, -0.2) is 39.7 Å². The molecule has 1 unspecified atom stereocenters. The first-order chi connectivity index (χ1) is 19.1. The molecule has 0 aliphatic carbocycles. The molecule has 1 aromatic heterocycles. The Morgan fingerprint density at radius 1 is 1.02 bits per heavy atom. The topological polar surface area (TPSA) is 128 Å². The van der Waals surface area contributed by atoms with Crippen LogP contribution < -0.4 is 15.6 Å². The Labute approximate surface area is 232 Å². The first-order valence-electron chi connectivity index (χ1n) is 11.9. The van der Waals surface area contributed by atoms with Crippen molar-refractivity contribution in [3.8, 4) is 17.0 Å². The fraction of sp³-hybridized carbons (Fsp3) is 0.138. The van der Waals surface area contributed by atoms with Gasteiger partial charge >= 0.3 is 5.97 Å². The second-order valence-electron chi connectivity index (χ2n) is 8.81. The van der Waals surface area contributed by atoms with Crippen LogP contribution in [0.2, 0.25) is 5.02 Å². The van der Waals surface area contributed by atoms with E-state index < -0.39 is 29.3 Å². The van der Waals surface area contributed by atoms with Gasteiger partial charge in [-0.3, -0.25) is 14.4 Å². The largest absolute Gasteiger partial charge is 0.480 e. The fourth-order valence-corrected chi connectivity index (χ4v) is 4.29. The second kappa shape index (κ2) is 11.9. The van der Waals surface area contributed by atoms with Crippen molar-refractivity contribution in [1.82, 2.24) is 9.78 Å². The zero-order valence-electron chi connectivity index (χ0n) is 21.4. The molecule has 4 aromatic rings. The molecule has 0 bridgehead atoms. The lowest BCUT2D eigenvalue weighted by atomic mass is 9.98. The van der Waals surface area contributed by atoms with Crippen molar-refractivity contribution in [3.05, 3.63) is 111 Å². The SMILES string of the molecule is COc1nn(C(Cc2ccc(F)cc2)C(=O)Nc2ccc(C(=O)O)cc2)c(=O)cc1-c1cc(Cl)ccc1C(C)=O. The summed E-state index contributed by atoms with van der Waals surface area (Å²) in [5, 5.41) is 16.5. The number of carboxylic acid groups (broad SMARTS) is 1. The summed E-state index contributed by atoms with van der Waals surface area (Å²) in [6.07, 6.45) is -0.0371. The van der Waals surface area contributed by atoms with Gasteiger partial charge < -0.3 is 15.2 Å². The zero-order chi connectivity index (χ0) is 29.0. The van der Waals surface area contributed by atoms with Gasteiger partial charge in [-0.1, -0.05) is 23.7 Å². The average Bonchev–Trinajstić information content (AvgIpc) is 2.92. The molecule has 40 heavy (non-hydrogen) atoms. The number of carboxylic acids is 1. The van der Waals surface area contributed by atoms with Gasteiger partial charge in [0.25, 0.3) is 5.56 Å². The van der Waals surface area contributed by atoms with E-state index in [1.54, 1.807) is 6.07 Å². The number of Topliss-reactive ketones (excluding diaryl/α,β-unsaturated/α-hetero) is 1. The maximum Gasteiger partial charge on any atom is 0.335 e. The molecule has 0 radical (unpaired) electrons. The Morgan fingerprint density at radius 3 is 2.30 bits per heavy atom. The van der Waals surface area contributed by atoms with Gasteiger partial charge in [0.2, 0.25) is 11.8 Å². The Morgan fingerprint density at radius 2 is 1.70 bits per heavy atom. The minimum absolute atomic E-state index is 0.0324. The van der Waals surface area contributed by atoms with E-state index in [2.05, 4.69) is 10.4 Å². The molecule has 0 fully saturated rings. The van der Waals surface area contributed by atoms with Crippen molar-refractivity contribution in [1.29, 1.82) is 0 Å². The molecule has 204 valence electrons. The molecular formula is C29H23ClFN3O6. The minimum Gasteiger partial charge on any atom is -0.480 e. The molecule has 9 nitrogen and oxygen atoms in total. The summed E-state index contributed by atoms with van der Waals surface area (Å²) in [4.78, 5) is 50.3. The third kappa shape index (κ3) is 6.24. The number of carbonyl (C=O) groups is 3. The van der Waals surface area contributed by atoms with Crippen LogP contribution in [0.1, 0.15) is 39.2 Å². The van der Waals surface area contributed by atoms with E-state index >= 15 is 0 Å². The van der Waals surface area contributed by atoms with Crippen molar-refractivity contribution in [2.24, 2.45) is 0 Å². The number of amides is 1. The zero-order valence-corrected chi connectivity index (χ0v) is 22.1. The Hall–Kier alpha value is -4.83. The highest BCUT2D eigenvalue weighted by molar-refractivity contribution is 6.31. The van der Waals surface area contributed by atoms with Crippen molar-refractivity contribution >= 4 is 34.9 Å². The quantitative estimate of drug-likeness (QED) is 0.273. The third-order valence-electron chi connectivity index (χ3n) is 6.11. The number of nitrogens with zero attached hydrogens (tertiary/aromatic N) is 2. The summed E-state index contributed by atoms with van der Waals surface area (Å²) in [7, 11) is 1.33. The molecular weight excluding hydrogens is 541 g/mol. The van der Waals surface area contributed by atoms with Crippen molar-refractivity contribution in [2.45, 2.75) is 19.4 Å². The van der Waals surface area contributed by atoms with Crippen LogP contribution in [0.5, 0.6) is 5.88 Å². The van der Waals surface area contributed by atoms with Gasteiger partial charge in [0.05, 0.1) is 18.2 Å². The van der Waals surface area contributed by atoms with Gasteiger partial charge in [0.15, 0.2) is 5.78 Å². The van der Waals surface area contributed by atoms with Crippen LogP contribution in [0.15, 0.2) is 77.6 Å². The van der Waals surface area contributed by atoms with E-state index in [0.717, 1.165) is 4.68 Å². The number of nitrogens with one attached hydrogen (secondary N) is 1. The maximum absolute atomic E-state index is 13.5. The number of aromatic nitrogens is 2. The molecule has 1 heterocycles. The highest BCUT2D eigenvalue weighted by Gasteiger charge is 2.26. The summed E-state index contributed by atoms with van der Waals surface area (Å²) in [5.41, 5.74) is 1.05. The van der Waals surface area contributed by atoms with Crippen molar-refractivity contribution < 1.29 is 28.6 Å². The van der Waals surface area contributed by atoms with Crippen LogP contribution in [-0.2, 0) is 11.2 Å². The predicted octanol–water partition coefficient (Wildman–Crippen LogP) is 5.03. The standard InChI is InChI=1S/C29H23ClFN3O6/c1-16(35)22-12-7-19(30)14-23(22)24-15-26(36)34(33-28(24)40-2)25(13-17-3-8-20(31)9-4-17)27(37)32-21-10-5-18(6-11-21)29(38)39/h3-12,14-15,25H,13H2,1-2H3,(H,32,37)(H,38,39). The second-order valence-corrected chi connectivity index (χ2v) is 9.25. The average molecular weight is 564 g/mol. The first-order valence-corrected chi connectivity index (χ1v) is 12.3. The van der Waals surface area contributed by atoms with E-state index in [-0.39, 0.29) is 29.2 Å². The molecule has 4 rings (SSSR count). The highest BCUT2D eigenvalue weighted by Crippen LogP contribution is 2.32. The number of benzene rings is 3. The number of aromatic carboxylic acids is 1. The van der Waals surface area contributed by atoms with E-state index in [0.29, 0.717) is 27.4 Å². The molecule has 2 N–H and O–H groups in total. The van der Waals surface area contributed by atoms with E-state index in [9.17, 15) is 23.6 Å². The number of rotatable bonds is 9. The number of ketones is 1. The molecule has 0 aliphatic heterocycles. The van der Waals surface area contributed by atoms with Crippen molar-refractivity contribution in [3.63, 3.8) is 0 Å². The van der Waals surface area contributed by atoms with Gasteiger partial charge in [-0.15, -0.1) is 5.10 Å². The molecule has 0 saturated carbocycles. The maximum atomic E-state index is 13.5. The number of methoxy groups -OCH3 is 1. The smallest absolute Gasteiger partial charge is 0.335 e. The molecule has 0 spiro atoms. The summed E-state index contributed by atoms with van der Waals surface area (Å²) in [5.74, 6) is -2.52. The van der Waals surface area contributed by atoms with Gasteiger partial charge in [-0.05, 0) is 72.6 Å². The third-order valence-corrected chi connectivity index (χ3v) is 6.34. The van der Waals surface area contributed by atoms with E-state index in [1.807, 2.05) is 0 Å². The normalized spacial score (nSPS) is 11.5. The summed E-state index contributed by atoms with van der Waals surface area (Å²) < 4.78 is 19.9. The number of hydrogen-bond donors (Lipinski definition) is 2. The molecule has 3 aromatic carbocycles. The molecule has 0 saturated heterocycles. The van der Waals surface area contributed by atoms with Crippen LogP contribution in [0.3, 0.4) is 0 Å². The fourth-order valence-electron chi connectivity index (χ4n) is 4.12. The Bertz CT molecular complexity index is 1650. The highest BCUT2D eigenvalue weighted by atomic mass is 35.5. The van der Waals surface area contributed by atoms with Crippen LogP contribution in [0, 0.1) is 5.82 Å². The summed E-state index contributed by atoms with van der Waals surface area (Å²) in [6.45, 7) is 1.37. The van der Waals surface area contributed by atoms with Gasteiger partial charge in [-0.25, -0.2) is 13.9 Å². The Kier molecular flexibility index (Phi) is 8.40. The summed E-state index contributed by atoms with van der Waals surface area (Å²) >= 11 is 6.17. The molecule has 11 heteroatoms. The number of anilines is 1. The van der Waals surface area contributed by atoms with Gasteiger partial charge in [0.1, 0.15) is 11.9 Å². The van der Waals surface area contributed by atoms with Gasteiger partial charge in [-0.2, -0.15) is 0 Å². The first kappa shape index (κ1) is 28.2. The number of hydrogen-bond acceptors (Lipinski definition) is 6. The molecule has 0 aliphatic rings.